The highest BCUT2D eigenvalue weighted by Crippen LogP contribution is 2.26. The fourth-order valence-electron chi connectivity index (χ4n) is 3.45. The first-order valence-corrected chi connectivity index (χ1v) is 9.56. The van der Waals surface area contributed by atoms with Gasteiger partial charge in [-0.15, -0.1) is 0 Å². The summed E-state index contributed by atoms with van der Waals surface area (Å²) in [7, 11) is 0. The van der Waals surface area contributed by atoms with Crippen LogP contribution in [0.4, 0.5) is 0 Å². The van der Waals surface area contributed by atoms with E-state index in [2.05, 4.69) is 81.7 Å². The van der Waals surface area contributed by atoms with E-state index in [0.717, 1.165) is 29.8 Å². The van der Waals surface area contributed by atoms with Crippen LogP contribution in [-0.4, -0.2) is 9.55 Å². The summed E-state index contributed by atoms with van der Waals surface area (Å²) >= 11 is 0. The molecular formula is C23H31N3. The van der Waals surface area contributed by atoms with E-state index in [1.165, 1.54) is 11.1 Å². The Kier molecular flexibility index (Phi) is 5.19. The van der Waals surface area contributed by atoms with Gasteiger partial charge in [-0.1, -0.05) is 71.0 Å². The molecule has 3 nitrogen and oxygen atoms in total. The fraction of sp³-hybridized carbons (Fsp3) is 0.435. The highest BCUT2D eigenvalue weighted by Gasteiger charge is 2.19. The Balaban J connectivity index is 1.98. The zero-order valence-corrected chi connectivity index (χ0v) is 16.7. The van der Waals surface area contributed by atoms with E-state index in [1.54, 1.807) is 0 Å². The van der Waals surface area contributed by atoms with E-state index in [1.807, 2.05) is 6.07 Å². The molecule has 26 heavy (non-hydrogen) atoms. The highest BCUT2D eigenvalue weighted by molar-refractivity contribution is 5.76. The molecule has 1 heterocycles. The molecule has 0 bridgehead atoms. The first-order chi connectivity index (χ1) is 12.3. The normalized spacial score (nSPS) is 13.5. The van der Waals surface area contributed by atoms with Gasteiger partial charge in [0.2, 0.25) is 0 Å². The van der Waals surface area contributed by atoms with Crippen molar-refractivity contribution in [3.05, 3.63) is 65.5 Å². The van der Waals surface area contributed by atoms with Crippen LogP contribution in [0.3, 0.4) is 0 Å². The molecule has 2 N–H and O–H groups in total. The standard InChI is InChI=1S/C23H31N3/c1-16(2)14-19(24)22-25-20-8-6-7-9-21(20)26(22)15-17-10-12-18(13-11-17)23(3,4)5/h6-13,16,19H,14-15,24H2,1-5H3. The summed E-state index contributed by atoms with van der Waals surface area (Å²) in [5, 5.41) is 0. The Labute approximate surface area is 157 Å². The Bertz CT molecular complexity index is 867. The van der Waals surface area contributed by atoms with Crippen LogP contribution in [0.1, 0.15) is 64.0 Å². The lowest BCUT2D eigenvalue weighted by atomic mass is 9.87. The number of imidazole rings is 1. The molecule has 0 aliphatic rings. The van der Waals surface area contributed by atoms with Gasteiger partial charge in [-0.3, -0.25) is 0 Å². The maximum atomic E-state index is 6.51. The number of nitrogens with zero attached hydrogens (tertiary/aromatic N) is 2. The second-order valence-corrected chi connectivity index (χ2v) is 8.73. The lowest BCUT2D eigenvalue weighted by Gasteiger charge is -2.20. The number of benzene rings is 2. The first kappa shape index (κ1) is 18.7. The van der Waals surface area contributed by atoms with E-state index in [0.29, 0.717) is 5.92 Å². The molecule has 0 spiro atoms. The minimum absolute atomic E-state index is 0.0451. The van der Waals surface area contributed by atoms with E-state index in [4.69, 9.17) is 10.7 Å². The van der Waals surface area contributed by atoms with Gasteiger partial charge in [0.1, 0.15) is 5.82 Å². The van der Waals surface area contributed by atoms with E-state index in [9.17, 15) is 0 Å². The number of rotatable bonds is 5. The average molecular weight is 350 g/mol. The molecule has 3 aromatic rings. The lowest BCUT2D eigenvalue weighted by molar-refractivity contribution is 0.481. The van der Waals surface area contributed by atoms with Crippen molar-refractivity contribution in [3.8, 4) is 0 Å². The zero-order valence-electron chi connectivity index (χ0n) is 16.7. The van der Waals surface area contributed by atoms with Crippen LogP contribution in [-0.2, 0) is 12.0 Å². The highest BCUT2D eigenvalue weighted by atomic mass is 15.1. The molecule has 1 aromatic heterocycles. The van der Waals surface area contributed by atoms with Gasteiger partial charge < -0.3 is 10.3 Å². The van der Waals surface area contributed by atoms with Crippen LogP contribution >= 0.6 is 0 Å². The predicted octanol–water partition coefficient (Wildman–Crippen LogP) is 5.43. The third kappa shape index (κ3) is 3.99. The third-order valence-corrected chi connectivity index (χ3v) is 4.90. The summed E-state index contributed by atoms with van der Waals surface area (Å²) in [6.07, 6.45) is 0.937. The van der Waals surface area contributed by atoms with E-state index < -0.39 is 0 Å². The molecule has 138 valence electrons. The molecule has 0 saturated carbocycles. The van der Waals surface area contributed by atoms with Crippen molar-refractivity contribution in [2.75, 3.05) is 0 Å². The van der Waals surface area contributed by atoms with Gasteiger partial charge in [0.15, 0.2) is 0 Å². The fourth-order valence-corrected chi connectivity index (χ4v) is 3.45. The molecular weight excluding hydrogens is 318 g/mol. The third-order valence-electron chi connectivity index (χ3n) is 4.90. The molecule has 0 radical (unpaired) electrons. The SMILES string of the molecule is CC(C)CC(N)c1nc2ccccc2n1Cc1ccc(C(C)(C)C)cc1. The number of nitrogens with two attached hydrogens (primary N) is 1. The number of para-hydroxylation sites is 2. The van der Waals surface area contributed by atoms with Crippen LogP contribution in [0.2, 0.25) is 0 Å². The maximum absolute atomic E-state index is 6.51. The molecule has 3 heteroatoms. The van der Waals surface area contributed by atoms with Crippen molar-refractivity contribution < 1.29 is 0 Å². The minimum Gasteiger partial charge on any atom is -0.322 e. The molecule has 1 atom stereocenters. The van der Waals surface area contributed by atoms with Gasteiger partial charge in [-0.25, -0.2) is 4.98 Å². The van der Waals surface area contributed by atoms with Crippen LogP contribution < -0.4 is 5.73 Å². The van der Waals surface area contributed by atoms with Crippen molar-refractivity contribution in [2.45, 2.75) is 59.0 Å². The molecule has 0 fully saturated rings. The van der Waals surface area contributed by atoms with Gasteiger partial charge in [0.05, 0.1) is 17.1 Å². The van der Waals surface area contributed by atoms with Crippen molar-refractivity contribution >= 4 is 11.0 Å². The van der Waals surface area contributed by atoms with Gasteiger partial charge in [-0.2, -0.15) is 0 Å². The first-order valence-electron chi connectivity index (χ1n) is 9.56. The van der Waals surface area contributed by atoms with Crippen LogP contribution in [0, 0.1) is 5.92 Å². The zero-order chi connectivity index (χ0) is 18.9. The minimum atomic E-state index is -0.0451. The smallest absolute Gasteiger partial charge is 0.127 e. The molecule has 0 aliphatic carbocycles. The Morgan fingerprint density at radius 1 is 1.00 bits per heavy atom. The quantitative estimate of drug-likeness (QED) is 0.667. The number of hydrogen-bond acceptors (Lipinski definition) is 2. The van der Waals surface area contributed by atoms with Crippen LogP contribution in [0.25, 0.3) is 11.0 Å². The predicted molar refractivity (Wildman–Crippen MR) is 110 cm³/mol. The van der Waals surface area contributed by atoms with Gasteiger partial charge in [0.25, 0.3) is 0 Å². The lowest BCUT2D eigenvalue weighted by Crippen LogP contribution is -2.19. The topological polar surface area (TPSA) is 43.8 Å². The van der Waals surface area contributed by atoms with E-state index in [-0.39, 0.29) is 11.5 Å². The summed E-state index contributed by atoms with van der Waals surface area (Å²) in [4.78, 5) is 4.86. The van der Waals surface area contributed by atoms with Gasteiger partial charge in [0, 0.05) is 6.54 Å². The maximum Gasteiger partial charge on any atom is 0.127 e. The van der Waals surface area contributed by atoms with Gasteiger partial charge >= 0.3 is 0 Å². The Morgan fingerprint density at radius 2 is 1.65 bits per heavy atom. The molecule has 1 unspecified atom stereocenters. The molecule has 0 aliphatic heterocycles. The van der Waals surface area contributed by atoms with Gasteiger partial charge in [-0.05, 0) is 41.0 Å². The number of aromatic nitrogens is 2. The van der Waals surface area contributed by atoms with Crippen LogP contribution in [0.5, 0.6) is 0 Å². The van der Waals surface area contributed by atoms with Crippen LogP contribution in [0.15, 0.2) is 48.5 Å². The van der Waals surface area contributed by atoms with Crippen molar-refractivity contribution in [3.63, 3.8) is 0 Å². The summed E-state index contributed by atoms with van der Waals surface area (Å²) in [5.41, 5.74) is 11.5. The molecule has 0 amide bonds. The van der Waals surface area contributed by atoms with Crippen molar-refractivity contribution in [1.82, 2.24) is 9.55 Å². The second-order valence-electron chi connectivity index (χ2n) is 8.73. The Morgan fingerprint density at radius 3 is 2.27 bits per heavy atom. The molecule has 0 saturated heterocycles. The number of hydrogen-bond donors (Lipinski definition) is 1. The summed E-state index contributed by atoms with van der Waals surface area (Å²) in [5.74, 6) is 1.53. The Hall–Kier alpha value is -2.13. The van der Waals surface area contributed by atoms with Crippen molar-refractivity contribution in [1.29, 1.82) is 0 Å². The summed E-state index contributed by atoms with van der Waals surface area (Å²) < 4.78 is 2.29. The molecule has 2 aromatic carbocycles. The van der Waals surface area contributed by atoms with Crippen molar-refractivity contribution in [2.24, 2.45) is 11.7 Å². The largest absolute Gasteiger partial charge is 0.322 e. The van der Waals surface area contributed by atoms with E-state index >= 15 is 0 Å². The monoisotopic (exact) mass is 349 g/mol. The summed E-state index contributed by atoms with van der Waals surface area (Å²) in [6, 6.07) is 17.2. The second kappa shape index (κ2) is 7.24. The average Bonchev–Trinajstić information content (AvgIpc) is 2.93. The summed E-state index contributed by atoms with van der Waals surface area (Å²) in [6.45, 7) is 11.9. The molecule has 3 rings (SSSR count). The number of fused-ring (bicyclic) bond motifs is 1.